The lowest BCUT2D eigenvalue weighted by molar-refractivity contribution is -0.150. The fourth-order valence-electron chi connectivity index (χ4n) is 3.97. The minimum absolute atomic E-state index is 0.0265. The van der Waals surface area contributed by atoms with E-state index in [0.29, 0.717) is 31.6 Å². The van der Waals surface area contributed by atoms with Crippen molar-refractivity contribution in [1.82, 2.24) is 31.0 Å². The van der Waals surface area contributed by atoms with Crippen molar-refractivity contribution >= 4 is 29.5 Å². The largest absolute Gasteiger partial charge is 0.458 e. The second-order valence-electron chi connectivity index (χ2n) is 10.1. The standard InChI is InChI=1S/C26H40N6O6/c1-17(2)15-22(34)29-14-10-23(35)32-19(7-5-13-30-32)26(37)31-25(18(3)4)20(33)16-38-24(36)9-8-21-27-11-6-12-28-21/h6,11-12,17-19,25,30H,5,7-10,13-16H2,1-4H3,(H,29,34)(H,31,37). The number of aryl methyl sites for hydroxylation is 1. The number of ketones is 1. The van der Waals surface area contributed by atoms with Crippen LogP contribution in [0, 0.1) is 11.8 Å². The molecule has 12 heteroatoms. The first kappa shape index (κ1) is 30.8. The third-order valence-corrected chi connectivity index (χ3v) is 5.93. The van der Waals surface area contributed by atoms with Crippen LogP contribution < -0.4 is 16.1 Å². The Bertz CT molecular complexity index is 955. The van der Waals surface area contributed by atoms with E-state index in [4.69, 9.17) is 4.74 Å². The van der Waals surface area contributed by atoms with Gasteiger partial charge in [0.15, 0.2) is 12.4 Å². The normalized spacial score (nSPS) is 16.2. The number of rotatable bonds is 14. The molecule has 0 aromatic carbocycles. The minimum Gasteiger partial charge on any atom is -0.458 e. The fourth-order valence-corrected chi connectivity index (χ4v) is 3.97. The van der Waals surface area contributed by atoms with Gasteiger partial charge in [0.05, 0.1) is 12.5 Å². The summed E-state index contributed by atoms with van der Waals surface area (Å²) in [5.41, 5.74) is 2.97. The summed E-state index contributed by atoms with van der Waals surface area (Å²) in [7, 11) is 0. The lowest BCUT2D eigenvalue weighted by Gasteiger charge is -2.36. The molecular weight excluding hydrogens is 492 g/mol. The zero-order valence-corrected chi connectivity index (χ0v) is 22.7. The Balaban J connectivity index is 1.87. The SMILES string of the molecule is CC(C)CC(=O)NCCC(=O)N1NCCCC1C(=O)NC(C(=O)COC(=O)CCc1ncccn1)C(C)C. The highest BCUT2D eigenvalue weighted by molar-refractivity contribution is 5.94. The summed E-state index contributed by atoms with van der Waals surface area (Å²) in [6.45, 7) is 7.66. The summed E-state index contributed by atoms with van der Waals surface area (Å²) in [6.07, 6.45) is 5.00. The van der Waals surface area contributed by atoms with Gasteiger partial charge < -0.3 is 15.4 Å². The number of ether oxygens (including phenoxy) is 1. The van der Waals surface area contributed by atoms with Crippen LogP contribution in [0.1, 0.15) is 65.6 Å². The molecule has 2 atom stereocenters. The molecule has 12 nitrogen and oxygen atoms in total. The molecule has 1 aromatic rings. The second kappa shape index (κ2) is 15.8. The van der Waals surface area contributed by atoms with Crippen LogP contribution in [0.15, 0.2) is 18.5 Å². The number of carbonyl (C=O) groups is 5. The van der Waals surface area contributed by atoms with Crippen LogP contribution in [0.3, 0.4) is 0 Å². The number of hydrogen-bond acceptors (Lipinski definition) is 9. The van der Waals surface area contributed by atoms with Crippen molar-refractivity contribution in [2.45, 2.75) is 78.3 Å². The number of hydrogen-bond donors (Lipinski definition) is 3. The molecule has 1 fully saturated rings. The number of nitrogens with one attached hydrogen (secondary N) is 3. The van der Waals surface area contributed by atoms with E-state index in [0.717, 1.165) is 0 Å². The molecule has 0 bridgehead atoms. The van der Waals surface area contributed by atoms with Crippen LogP contribution >= 0.6 is 0 Å². The van der Waals surface area contributed by atoms with Crippen LogP contribution in [0.2, 0.25) is 0 Å². The van der Waals surface area contributed by atoms with Crippen LogP contribution in [0.5, 0.6) is 0 Å². The Labute approximate surface area is 223 Å². The topological polar surface area (TPSA) is 160 Å². The summed E-state index contributed by atoms with van der Waals surface area (Å²) in [6, 6.07) is -0.0136. The summed E-state index contributed by atoms with van der Waals surface area (Å²) in [4.78, 5) is 70.8. The van der Waals surface area contributed by atoms with Gasteiger partial charge in [0.1, 0.15) is 11.9 Å². The fraction of sp³-hybridized carbons (Fsp3) is 0.654. The molecule has 0 aliphatic carbocycles. The van der Waals surface area contributed by atoms with E-state index in [9.17, 15) is 24.0 Å². The second-order valence-corrected chi connectivity index (χ2v) is 10.1. The van der Waals surface area contributed by atoms with Gasteiger partial charge in [-0.2, -0.15) is 0 Å². The quantitative estimate of drug-likeness (QED) is 0.293. The predicted octanol–water partition coefficient (Wildman–Crippen LogP) is 0.710. The summed E-state index contributed by atoms with van der Waals surface area (Å²) in [5, 5.41) is 6.76. The van der Waals surface area contributed by atoms with Gasteiger partial charge in [-0.25, -0.2) is 15.4 Å². The van der Waals surface area contributed by atoms with Gasteiger partial charge in [-0.1, -0.05) is 27.7 Å². The van der Waals surface area contributed by atoms with Gasteiger partial charge in [0.2, 0.25) is 17.7 Å². The molecule has 38 heavy (non-hydrogen) atoms. The number of amides is 3. The molecular formula is C26H40N6O6. The van der Waals surface area contributed by atoms with E-state index < -0.39 is 36.4 Å². The molecule has 3 N–H and O–H groups in total. The average molecular weight is 533 g/mol. The number of aromatic nitrogens is 2. The Morgan fingerprint density at radius 2 is 1.82 bits per heavy atom. The molecule has 0 saturated carbocycles. The number of carbonyl (C=O) groups excluding carboxylic acids is 5. The highest BCUT2D eigenvalue weighted by Gasteiger charge is 2.35. The zero-order valence-electron chi connectivity index (χ0n) is 22.7. The number of Topliss-reactive ketones (excluding diaryl/α,β-unsaturated/α-hetero) is 1. The molecule has 3 amide bonds. The maximum absolute atomic E-state index is 13.1. The van der Waals surface area contributed by atoms with Crippen LogP contribution in [0.4, 0.5) is 0 Å². The number of hydrazine groups is 1. The van der Waals surface area contributed by atoms with E-state index in [1.807, 2.05) is 13.8 Å². The molecule has 1 aromatic heterocycles. The van der Waals surface area contributed by atoms with Crippen molar-refractivity contribution < 1.29 is 28.7 Å². The van der Waals surface area contributed by atoms with Crippen molar-refractivity contribution in [2.75, 3.05) is 19.7 Å². The highest BCUT2D eigenvalue weighted by Crippen LogP contribution is 2.14. The average Bonchev–Trinajstić information content (AvgIpc) is 2.88. The van der Waals surface area contributed by atoms with Crippen molar-refractivity contribution in [3.8, 4) is 0 Å². The van der Waals surface area contributed by atoms with Gasteiger partial charge in [-0.3, -0.25) is 29.0 Å². The minimum atomic E-state index is -0.887. The molecule has 0 spiro atoms. The first-order valence-electron chi connectivity index (χ1n) is 13.1. The predicted molar refractivity (Wildman–Crippen MR) is 138 cm³/mol. The van der Waals surface area contributed by atoms with E-state index in [-0.39, 0.29) is 49.5 Å². The molecule has 0 radical (unpaired) electrons. The van der Waals surface area contributed by atoms with Gasteiger partial charge in [0.25, 0.3) is 0 Å². The third-order valence-electron chi connectivity index (χ3n) is 5.93. The monoisotopic (exact) mass is 532 g/mol. The Hall–Kier alpha value is -3.41. The molecule has 1 saturated heterocycles. The summed E-state index contributed by atoms with van der Waals surface area (Å²) < 4.78 is 5.12. The Morgan fingerprint density at radius 3 is 2.47 bits per heavy atom. The Kier molecular flexibility index (Phi) is 12.8. The first-order chi connectivity index (χ1) is 18.1. The molecule has 2 heterocycles. The van der Waals surface area contributed by atoms with Gasteiger partial charge in [0, 0.05) is 44.7 Å². The molecule has 2 rings (SSSR count). The summed E-state index contributed by atoms with van der Waals surface area (Å²) in [5.74, 6) is -1.46. The van der Waals surface area contributed by atoms with Gasteiger partial charge in [-0.05, 0) is 30.7 Å². The maximum Gasteiger partial charge on any atom is 0.306 e. The van der Waals surface area contributed by atoms with Crippen molar-refractivity contribution in [1.29, 1.82) is 0 Å². The number of esters is 1. The van der Waals surface area contributed by atoms with Crippen LogP contribution in [-0.4, -0.2) is 76.2 Å². The molecule has 1 aliphatic heterocycles. The van der Waals surface area contributed by atoms with Crippen molar-refractivity contribution in [3.63, 3.8) is 0 Å². The first-order valence-corrected chi connectivity index (χ1v) is 13.1. The zero-order chi connectivity index (χ0) is 28.1. The van der Waals surface area contributed by atoms with Crippen molar-refractivity contribution in [2.24, 2.45) is 11.8 Å². The molecule has 2 unspecified atom stereocenters. The van der Waals surface area contributed by atoms with Gasteiger partial charge >= 0.3 is 5.97 Å². The smallest absolute Gasteiger partial charge is 0.306 e. The van der Waals surface area contributed by atoms with Crippen molar-refractivity contribution in [3.05, 3.63) is 24.3 Å². The van der Waals surface area contributed by atoms with E-state index >= 15 is 0 Å². The highest BCUT2D eigenvalue weighted by atomic mass is 16.5. The van der Waals surface area contributed by atoms with Crippen LogP contribution in [0.25, 0.3) is 0 Å². The summed E-state index contributed by atoms with van der Waals surface area (Å²) >= 11 is 0. The van der Waals surface area contributed by atoms with Gasteiger partial charge in [-0.15, -0.1) is 0 Å². The van der Waals surface area contributed by atoms with Crippen LogP contribution in [-0.2, 0) is 35.1 Å². The Morgan fingerprint density at radius 1 is 1.11 bits per heavy atom. The van der Waals surface area contributed by atoms with E-state index in [2.05, 4.69) is 26.0 Å². The number of nitrogens with zero attached hydrogens (tertiary/aromatic N) is 3. The lowest BCUT2D eigenvalue weighted by atomic mass is 9.98. The van der Waals surface area contributed by atoms with E-state index in [1.165, 1.54) is 5.01 Å². The molecule has 1 aliphatic rings. The third kappa shape index (κ3) is 10.5. The maximum atomic E-state index is 13.1. The molecule has 210 valence electrons. The van der Waals surface area contributed by atoms with E-state index in [1.54, 1.807) is 32.3 Å². The lowest BCUT2D eigenvalue weighted by Crippen LogP contribution is -2.61.